The molecule has 0 fully saturated rings. The second kappa shape index (κ2) is 8.03. The van der Waals surface area contributed by atoms with E-state index in [0.717, 1.165) is 43.1 Å². The Morgan fingerprint density at radius 2 is 2.12 bits per heavy atom. The fourth-order valence-corrected chi connectivity index (χ4v) is 3.02. The van der Waals surface area contributed by atoms with Crippen molar-refractivity contribution < 1.29 is 13.9 Å². The summed E-state index contributed by atoms with van der Waals surface area (Å²) >= 11 is 0. The van der Waals surface area contributed by atoms with E-state index in [4.69, 9.17) is 9.15 Å². The number of rotatable bonds is 6. The summed E-state index contributed by atoms with van der Waals surface area (Å²) in [6.07, 6.45) is 2.74. The molecule has 1 aliphatic rings. The van der Waals surface area contributed by atoms with Crippen molar-refractivity contribution in [3.05, 3.63) is 59.6 Å². The van der Waals surface area contributed by atoms with Crippen LogP contribution in [0.4, 0.5) is 0 Å². The summed E-state index contributed by atoms with van der Waals surface area (Å²) in [5, 5.41) is 2.57. The van der Waals surface area contributed by atoms with Gasteiger partial charge in [-0.3, -0.25) is 9.69 Å². The number of hydrogen-bond donors (Lipinski definition) is 1. The van der Waals surface area contributed by atoms with Crippen LogP contribution in [0.25, 0.3) is 5.57 Å². The largest absolute Gasteiger partial charge is 0.483 e. The van der Waals surface area contributed by atoms with E-state index in [1.54, 1.807) is 13.3 Å². The van der Waals surface area contributed by atoms with Gasteiger partial charge in [-0.05, 0) is 31.5 Å². The number of nitrogens with one attached hydrogen (secondary N) is 1. The Morgan fingerprint density at radius 3 is 2.88 bits per heavy atom. The van der Waals surface area contributed by atoms with Crippen LogP contribution >= 0.6 is 0 Å². The monoisotopic (exact) mass is 340 g/mol. The lowest BCUT2D eigenvalue weighted by atomic mass is 9.99. The molecular formula is C20H24N2O3. The van der Waals surface area contributed by atoms with Crippen LogP contribution in [0.1, 0.15) is 24.7 Å². The van der Waals surface area contributed by atoms with Crippen LogP contribution in [0.3, 0.4) is 0 Å². The summed E-state index contributed by atoms with van der Waals surface area (Å²) in [5.41, 5.74) is 3.74. The second-order valence-corrected chi connectivity index (χ2v) is 6.27. The number of amides is 1. The molecule has 0 aliphatic carbocycles. The minimum Gasteiger partial charge on any atom is -0.483 e. The Hall–Kier alpha value is -2.53. The molecule has 3 rings (SSSR count). The van der Waals surface area contributed by atoms with Gasteiger partial charge in [-0.2, -0.15) is 0 Å². The average molecular weight is 340 g/mol. The van der Waals surface area contributed by atoms with E-state index in [9.17, 15) is 4.79 Å². The first kappa shape index (κ1) is 17.3. The van der Waals surface area contributed by atoms with E-state index >= 15 is 0 Å². The highest BCUT2D eigenvalue weighted by Gasteiger charge is 2.20. The number of carbonyl (C=O) groups excluding carboxylic acids is 1. The topological polar surface area (TPSA) is 54.7 Å². The number of hydrogen-bond acceptors (Lipinski definition) is 4. The van der Waals surface area contributed by atoms with Gasteiger partial charge in [0.05, 0.1) is 6.26 Å². The van der Waals surface area contributed by atoms with Gasteiger partial charge in [-0.25, -0.2) is 0 Å². The molecule has 5 nitrogen and oxygen atoms in total. The minimum absolute atomic E-state index is 0.0319. The van der Waals surface area contributed by atoms with Crippen LogP contribution in [0.5, 0.6) is 5.75 Å². The summed E-state index contributed by atoms with van der Waals surface area (Å²) in [5.74, 6) is 1.58. The van der Waals surface area contributed by atoms with Crippen LogP contribution in [-0.4, -0.2) is 37.6 Å². The van der Waals surface area contributed by atoms with Crippen LogP contribution in [-0.2, 0) is 11.3 Å². The molecular weight excluding hydrogens is 316 g/mol. The maximum Gasteiger partial charge on any atom is 0.257 e. The van der Waals surface area contributed by atoms with Crippen molar-refractivity contribution in [1.82, 2.24) is 10.2 Å². The SMILES string of the molecule is CNC(=O)COc1ccccc1CN1CCC(C)=C(c2ccco2)C1. The Kier molecular flexibility index (Phi) is 5.56. The van der Waals surface area contributed by atoms with E-state index in [-0.39, 0.29) is 12.5 Å². The van der Waals surface area contributed by atoms with Crippen LogP contribution in [0.15, 0.2) is 52.7 Å². The van der Waals surface area contributed by atoms with Crippen molar-refractivity contribution in [2.75, 3.05) is 26.7 Å². The van der Waals surface area contributed by atoms with Crippen LogP contribution < -0.4 is 10.1 Å². The number of furan rings is 1. The lowest BCUT2D eigenvalue weighted by Crippen LogP contribution is -2.31. The summed E-state index contributed by atoms with van der Waals surface area (Å²) < 4.78 is 11.3. The van der Waals surface area contributed by atoms with Gasteiger partial charge in [0.2, 0.25) is 0 Å². The smallest absolute Gasteiger partial charge is 0.257 e. The molecule has 5 heteroatoms. The molecule has 0 unspecified atom stereocenters. The number of carbonyl (C=O) groups is 1. The Bertz CT molecular complexity index is 750. The van der Waals surface area contributed by atoms with E-state index in [1.807, 2.05) is 30.3 Å². The number of para-hydroxylation sites is 1. The van der Waals surface area contributed by atoms with Gasteiger partial charge in [0.1, 0.15) is 11.5 Å². The van der Waals surface area contributed by atoms with E-state index in [2.05, 4.69) is 23.2 Å². The first-order valence-electron chi connectivity index (χ1n) is 8.53. The molecule has 0 bridgehead atoms. The molecule has 2 aromatic rings. The molecule has 0 saturated heterocycles. The van der Waals surface area contributed by atoms with Crippen molar-refractivity contribution in [2.24, 2.45) is 0 Å². The summed E-state index contributed by atoms with van der Waals surface area (Å²) in [7, 11) is 1.61. The van der Waals surface area contributed by atoms with Crippen LogP contribution in [0.2, 0.25) is 0 Å². The lowest BCUT2D eigenvalue weighted by molar-refractivity contribution is -0.122. The third-order valence-corrected chi connectivity index (χ3v) is 4.52. The van der Waals surface area contributed by atoms with Crippen LogP contribution in [0, 0.1) is 0 Å². The Labute approximate surface area is 148 Å². The third kappa shape index (κ3) is 4.31. The van der Waals surface area contributed by atoms with Crippen molar-refractivity contribution >= 4 is 11.5 Å². The summed E-state index contributed by atoms with van der Waals surface area (Å²) in [4.78, 5) is 13.8. The number of likely N-dealkylation sites (N-methyl/N-ethyl adjacent to an activating group) is 1. The Balaban J connectivity index is 1.70. The average Bonchev–Trinajstić information content (AvgIpc) is 3.16. The normalized spacial score (nSPS) is 15.3. The zero-order valence-corrected chi connectivity index (χ0v) is 14.7. The van der Waals surface area contributed by atoms with Gasteiger partial charge in [-0.15, -0.1) is 0 Å². The molecule has 1 amide bonds. The maximum absolute atomic E-state index is 11.4. The molecule has 2 heterocycles. The fraction of sp³-hybridized carbons (Fsp3) is 0.350. The molecule has 1 aliphatic heterocycles. The number of nitrogens with zero attached hydrogens (tertiary/aromatic N) is 1. The maximum atomic E-state index is 11.4. The third-order valence-electron chi connectivity index (χ3n) is 4.52. The summed E-state index contributed by atoms with van der Waals surface area (Å²) in [6, 6.07) is 11.8. The summed E-state index contributed by atoms with van der Waals surface area (Å²) in [6.45, 7) is 4.84. The van der Waals surface area contributed by atoms with Gasteiger partial charge in [0, 0.05) is 37.8 Å². The Morgan fingerprint density at radius 1 is 1.28 bits per heavy atom. The quantitative estimate of drug-likeness (QED) is 0.878. The molecule has 1 aromatic carbocycles. The molecule has 1 N–H and O–H groups in total. The van der Waals surface area contributed by atoms with Gasteiger partial charge >= 0.3 is 0 Å². The first-order chi connectivity index (χ1) is 12.2. The van der Waals surface area contributed by atoms with E-state index in [0.29, 0.717) is 0 Å². The van der Waals surface area contributed by atoms with Crippen molar-refractivity contribution in [3.8, 4) is 5.75 Å². The predicted octanol–water partition coefficient (Wildman–Crippen LogP) is 3.08. The minimum atomic E-state index is -0.133. The fourth-order valence-electron chi connectivity index (χ4n) is 3.02. The van der Waals surface area contributed by atoms with Gasteiger partial charge < -0.3 is 14.5 Å². The molecule has 1 aromatic heterocycles. The molecule has 25 heavy (non-hydrogen) atoms. The van der Waals surface area contributed by atoms with Gasteiger partial charge in [0.15, 0.2) is 6.61 Å². The lowest BCUT2D eigenvalue weighted by Gasteiger charge is -2.29. The highest BCUT2D eigenvalue weighted by atomic mass is 16.5. The number of ether oxygens (including phenoxy) is 1. The number of benzene rings is 1. The molecule has 0 atom stereocenters. The van der Waals surface area contributed by atoms with Crippen molar-refractivity contribution in [3.63, 3.8) is 0 Å². The first-order valence-corrected chi connectivity index (χ1v) is 8.53. The van der Waals surface area contributed by atoms with E-state index < -0.39 is 0 Å². The molecule has 132 valence electrons. The highest BCUT2D eigenvalue weighted by molar-refractivity contribution is 5.77. The predicted molar refractivity (Wildman–Crippen MR) is 97.2 cm³/mol. The second-order valence-electron chi connectivity index (χ2n) is 6.27. The molecule has 0 saturated carbocycles. The van der Waals surface area contributed by atoms with Crippen molar-refractivity contribution in [1.29, 1.82) is 0 Å². The zero-order valence-electron chi connectivity index (χ0n) is 14.7. The van der Waals surface area contributed by atoms with E-state index in [1.165, 1.54) is 11.1 Å². The zero-order chi connectivity index (χ0) is 17.6. The molecule has 0 spiro atoms. The van der Waals surface area contributed by atoms with Crippen molar-refractivity contribution in [2.45, 2.75) is 19.9 Å². The van der Waals surface area contributed by atoms with Gasteiger partial charge in [-0.1, -0.05) is 23.8 Å². The highest BCUT2D eigenvalue weighted by Crippen LogP contribution is 2.29. The van der Waals surface area contributed by atoms with Gasteiger partial charge in [0.25, 0.3) is 5.91 Å². The molecule has 0 radical (unpaired) electrons. The standard InChI is InChI=1S/C20H24N2O3/c1-15-9-10-22(13-17(15)19-8-5-11-24-19)12-16-6-3-4-7-18(16)25-14-20(23)21-2/h3-8,11H,9-10,12-14H2,1-2H3,(H,21,23).